The van der Waals surface area contributed by atoms with Crippen molar-refractivity contribution >= 4 is 50.5 Å². The number of fused-ring (bicyclic) bond motifs is 1. The Labute approximate surface area is 196 Å². The van der Waals surface area contributed by atoms with Gasteiger partial charge in [-0.1, -0.05) is 52.7 Å². The van der Waals surface area contributed by atoms with E-state index in [1.807, 2.05) is 6.07 Å². The fourth-order valence-electron chi connectivity index (χ4n) is 3.47. The van der Waals surface area contributed by atoms with Crippen LogP contribution in [0.5, 0.6) is 11.6 Å². The lowest BCUT2D eigenvalue weighted by Crippen LogP contribution is -2.05. The van der Waals surface area contributed by atoms with Crippen LogP contribution in [0.4, 0.5) is 0 Å². The zero-order chi connectivity index (χ0) is 22.4. The first-order chi connectivity index (χ1) is 15.5. The molecule has 0 bridgehead atoms. The van der Waals surface area contributed by atoms with Gasteiger partial charge in [0.25, 0.3) is 0 Å². The maximum Gasteiger partial charge on any atom is 0.242 e. The van der Waals surface area contributed by atoms with Gasteiger partial charge >= 0.3 is 0 Å². The highest BCUT2D eigenvalue weighted by Gasteiger charge is 2.31. The lowest BCUT2D eigenvalue weighted by Gasteiger charge is -2.09. The number of pyridine rings is 1. The molecule has 32 heavy (non-hydrogen) atoms. The number of benzene rings is 2. The third-order valence-corrected chi connectivity index (χ3v) is 6.50. The zero-order valence-corrected chi connectivity index (χ0v) is 18.5. The van der Waals surface area contributed by atoms with Gasteiger partial charge in [0.05, 0.1) is 21.0 Å². The summed E-state index contributed by atoms with van der Waals surface area (Å²) in [6, 6.07) is 15.3. The zero-order valence-electron chi connectivity index (χ0n) is 16.2. The Morgan fingerprint density at radius 2 is 1.78 bits per heavy atom. The number of para-hydroxylation sites is 1. The topological polar surface area (TPSA) is 88.2 Å². The van der Waals surface area contributed by atoms with Gasteiger partial charge in [0.15, 0.2) is 10.9 Å². The minimum atomic E-state index is -0.547. The van der Waals surface area contributed by atoms with Gasteiger partial charge in [0.1, 0.15) is 5.52 Å². The largest absolute Gasteiger partial charge is 0.503 e. The summed E-state index contributed by atoms with van der Waals surface area (Å²) in [6.07, 6.45) is 2.95. The van der Waals surface area contributed by atoms with Crippen LogP contribution >= 0.6 is 34.5 Å². The Morgan fingerprint density at radius 1 is 1.00 bits per heavy atom. The molecule has 0 fully saturated rings. The van der Waals surface area contributed by atoms with E-state index in [1.165, 1.54) is 22.1 Å². The number of aromatic nitrogens is 3. The van der Waals surface area contributed by atoms with Crippen LogP contribution in [0.3, 0.4) is 0 Å². The second-order valence-corrected chi connectivity index (χ2v) is 8.74. The monoisotopic (exact) mass is 481 g/mol. The van der Waals surface area contributed by atoms with Crippen LogP contribution in [0.1, 0.15) is 15.9 Å². The van der Waals surface area contributed by atoms with Crippen molar-refractivity contribution in [3.05, 3.63) is 88.2 Å². The highest BCUT2D eigenvalue weighted by molar-refractivity contribution is 7.21. The van der Waals surface area contributed by atoms with Crippen molar-refractivity contribution in [2.45, 2.75) is 0 Å². The highest BCUT2D eigenvalue weighted by Crippen LogP contribution is 2.45. The van der Waals surface area contributed by atoms with Gasteiger partial charge in [-0.2, -0.15) is 0 Å². The van der Waals surface area contributed by atoms with Crippen molar-refractivity contribution in [3.8, 4) is 28.0 Å². The van der Waals surface area contributed by atoms with Gasteiger partial charge in [-0.3, -0.25) is 14.3 Å². The number of ketones is 1. The van der Waals surface area contributed by atoms with E-state index in [0.717, 1.165) is 4.70 Å². The van der Waals surface area contributed by atoms with Crippen molar-refractivity contribution in [1.82, 2.24) is 14.5 Å². The van der Waals surface area contributed by atoms with Crippen LogP contribution < -0.4 is 0 Å². The van der Waals surface area contributed by atoms with Gasteiger partial charge in [-0.25, -0.2) is 4.98 Å². The van der Waals surface area contributed by atoms with Crippen LogP contribution in [0, 0.1) is 0 Å². The Hall–Kier alpha value is -3.39. The summed E-state index contributed by atoms with van der Waals surface area (Å²) in [4.78, 5) is 21.9. The molecule has 0 amide bonds. The fourth-order valence-corrected chi connectivity index (χ4v) is 4.87. The molecule has 9 heteroatoms. The van der Waals surface area contributed by atoms with Crippen LogP contribution in [-0.4, -0.2) is 30.5 Å². The van der Waals surface area contributed by atoms with E-state index in [4.69, 9.17) is 23.2 Å². The third-order valence-electron chi connectivity index (χ3n) is 4.94. The van der Waals surface area contributed by atoms with Crippen LogP contribution in [0.15, 0.2) is 67.0 Å². The van der Waals surface area contributed by atoms with E-state index in [1.54, 1.807) is 54.7 Å². The minimum Gasteiger partial charge on any atom is -0.503 e. The van der Waals surface area contributed by atoms with Crippen molar-refractivity contribution in [2.75, 3.05) is 0 Å². The fraction of sp³-hybridized carbons (Fsp3) is 0. The predicted molar refractivity (Wildman–Crippen MR) is 125 cm³/mol. The van der Waals surface area contributed by atoms with Crippen molar-refractivity contribution in [1.29, 1.82) is 0 Å². The van der Waals surface area contributed by atoms with Crippen molar-refractivity contribution < 1.29 is 15.0 Å². The average molecular weight is 482 g/mol. The maximum atomic E-state index is 13.4. The molecule has 0 atom stereocenters. The molecule has 0 unspecified atom stereocenters. The number of aromatic hydroxyl groups is 2. The molecule has 0 saturated carbocycles. The van der Waals surface area contributed by atoms with E-state index in [-0.39, 0.29) is 16.8 Å². The summed E-state index contributed by atoms with van der Waals surface area (Å²) in [6.45, 7) is 0. The van der Waals surface area contributed by atoms with Crippen LogP contribution in [0.25, 0.3) is 26.6 Å². The molecular weight excluding hydrogens is 469 g/mol. The SMILES string of the molecule is O=C(c1cccnc1)c1c(O)c(O)n(-c2nc3c(Cl)cccc3s2)c1-c1ccc(Cl)cc1. The first-order valence-corrected chi connectivity index (χ1v) is 11.0. The summed E-state index contributed by atoms with van der Waals surface area (Å²) in [5, 5.41) is 23.1. The average Bonchev–Trinajstić information content (AvgIpc) is 3.34. The molecule has 3 heterocycles. The molecule has 5 rings (SSSR count). The first kappa shape index (κ1) is 20.5. The number of thiazole rings is 1. The molecule has 0 radical (unpaired) electrons. The standard InChI is InChI=1S/C23H13Cl2N3O3S/c24-14-8-6-12(7-9-14)19-17(20(29)13-3-2-10-26-11-13)21(30)22(31)28(19)23-27-18-15(25)4-1-5-16(18)32-23/h1-11,30-31H. The molecule has 0 aliphatic heterocycles. The summed E-state index contributed by atoms with van der Waals surface area (Å²) < 4.78 is 2.14. The summed E-state index contributed by atoms with van der Waals surface area (Å²) in [5.41, 5.74) is 1.60. The number of hydrogen-bond donors (Lipinski definition) is 2. The number of hydrogen-bond acceptors (Lipinski definition) is 6. The van der Waals surface area contributed by atoms with Gasteiger partial charge in [0, 0.05) is 23.0 Å². The van der Waals surface area contributed by atoms with E-state index >= 15 is 0 Å². The molecule has 0 spiro atoms. The van der Waals surface area contributed by atoms with E-state index in [9.17, 15) is 15.0 Å². The molecule has 6 nitrogen and oxygen atoms in total. The number of rotatable bonds is 4. The Morgan fingerprint density at radius 3 is 2.47 bits per heavy atom. The smallest absolute Gasteiger partial charge is 0.242 e. The van der Waals surface area contributed by atoms with E-state index < -0.39 is 17.4 Å². The van der Waals surface area contributed by atoms with Crippen molar-refractivity contribution in [3.63, 3.8) is 0 Å². The molecule has 0 aliphatic carbocycles. The number of halogens is 2. The lowest BCUT2D eigenvalue weighted by molar-refractivity contribution is 0.103. The normalized spacial score (nSPS) is 11.2. The minimum absolute atomic E-state index is 0.0665. The molecule has 2 N–H and O–H groups in total. The van der Waals surface area contributed by atoms with Gasteiger partial charge < -0.3 is 10.2 Å². The molecule has 2 aromatic carbocycles. The summed E-state index contributed by atoms with van der Waals surface area (Å²) in [5.74, 6) is -1.54. The number of nitrogens with zero attached hydrogens (tertiary/aromatic N) is 3. The summed E-state index contributed by atoms with van der Waals surface area (Å²) >= 11 is 13.6. The first-order valence-electron chi connectivity index (χ1n) is 9.38. The highest BCUT2D eigenvalue weighted by atomic mass is 35.5. The van der Waals surface area contributed by atoms with Crippen LogP contribution in [0.2, 0.25) is 10.0 Å². The van der Waals surface area contributed by atoms with Gasteiger partial charge in [0.2, 0.25) is 11.7 Å². The van der Waals surface area contributed by atoms with Crippen LogP contribution in [-0.2, 0) is 0 Å². The molecule has 0 aliphatic rings. The second kappa shape index (κ2) is 7.94. The lowest BCUT2D eigenvalue weighted by atomic mass is 10.0. The Kier molecular flexibility index (Phi) is 5.09. The van der Waals surface area contributed by atoms with Crippen molar-refractivity contribution in [2.24, 2.45) is 0 Å². The molecule has 158 valence electrons. The van der Waals surface area contributed by atoms with E-state index in [0.29, 0.717) is 26.3 Å². The quantitative estimate of drug-likeness (QED) is 0.303. The molecular formula is C23H13Cl2N3O3S. The number of carbonyl (C=O) groups excluding carboxylic acids is 1. The van der Waals surface area contributed by atoms with Gasteiger partial charge in [-0.15, -0.1) is 0 Å². The Balaban J connectivity index is 1.83. The molecule has 3 aromatic heterocycles. The number of carbonyl (C=O) groups is 1. The summed E-state index contributed by atoms with van der Waals surface area (Å²) in [7, 11) is 0. The predicted octanol–water partition coefficient (Wildman–Crippen LogP) is 6.10. The third kappa shape index (κ3) is 3.31. The van der Waals surface area contributed by atoms with E-state index in [2.05, 4.69) is 9.97 Å². The molecule has 5 aromatic rings. The molecule has 0 saturated heterocycles. The maximum absolute atomic E-state index is 13.4. The second-order valence-electron chi connectivity index (χ2n) is 6.89. The Bertz CT molecular complexity index is 1480. The van der Waals surface area contributed by atoms with Gasteiger partial charge in [-0.05, 0) is 42.0 Å².